The van der Waals surface area contributed by atoms with Gasteiger partial charge in [-0.2, -0.15) is 5.26 Å². The number of nitrogens with one attached hydrogen (secondary N) is 1. The number of esters is 1. The minimum absolute atomic E-state index is 0.292. The van der Waals surface area contributed by atoms with Crippen molar-refractivity contribution in [3.05, 3.63) is 42.5 Å². The van der Waals surface area contributed by atoms with Crippen molar-refractivity contribution in [3.63, 3.8) is 0 Å². The Labute approximate surface area is 164 Å². The highest BCUT2D eigenvalue weighted by atomic mass is 16.6. The van der Waals surface area contributed by atoms with E-state index in [1.54, 1.807) is 6.07 Å². The van der Waals surface area contributed by atoms with Crippen LogP contribution in [-0.4, -0.2) is 30.1 Å². The molecule has 0 bridgehead atoms. The van der Waals surface area contributed by atoms with Crippen molar-refractivity contribution >= 4 is 22.6 Å². The van der Waals surface area contributed by atoms with Crippen LogP contribution >= 0.6 is 0 Å². The fourth-order valence-corrected chi connectivity index (χ4v) is 3.44. The number of benzene rings is 2. The van der Waals surface area contributed by atoms with Crippen LogP contribution < -0.4 is 10.1 Å². The number of carbonyl (C=O) groups is 2. The molecule has 3 rings (SSSR count). The maximum absolute atomic E-state index is 12.4. The zero-order chi connectivity index (χ0) is 20.0. The molecule has 1 amide bonds. The number of nitriles is 1. The van der Waals surface area contributed by atoms with Crippen molar-refractivity contribution in [1.29, 1.82) is 5.26 Å². The van der Waals surface area contributed by atoms with E-state index in [-0.39, 0.29) is 6.61 Å². The number of fused-ring (bicyclic) bond motifs is 1. The SMILES string of the molecule is C[C@@H](OC(=O)COc1ccc2ccccc2c1)C(=O)NC1(C#N)CCCCC1. The van der Waals surface area contributed by atoms with Gasteiger partial charge in [-0.05, 0) is 42.7 Å². The molecular weight excluding hydrogens is 356 g/mol. The molecule has 0 saturated heterocycles. The smallest absolute Gasteiger partial charge is 0.344 e. The van der Waals surface area contributed by atoms with Crippen LogP contribution in [0.4, 0.5) is 0 Å². The summed E-state index contributed by atoms with van der Waals surface area (Å²) < 4.78 is 10.7. The molecule has 146 valence electrons. The Morgan fingerprint density at radius 3 is 2.57 bits per heavy atom. The zero-order valence-electron chi connectivity index (χ0n) is 15.9. The van der Waals surface area contributed by atoms with Gasteiger partial charge in [0.2, 0.25) is 0 Å². The average molecular weight is 380 g/mol. The minimum Gasteiger partial charge on any atom is -0.482 e. The molecule has 0 aromatic heterocycles. The maximum atomic E-state index is 12.4. The molecule has 1 aliphatic carbocycles. The van der Waals surface area contributed by atoms with Crippen molar-refractivity contribution < 1.29 is 19.1 Å². The molecule has 6 nitrogen and oxygen atoms in total. The lowest BCUT2D eigenvalue weighted by Gasteiger charge is -2.32. The van der Waals surface area contributed by atoms with Gasteiger partial charge >= 0.3 is 5.97 Å². The minimum atomic E-state index is -0.986. The topological polar surface area (TPSA) is 88.4 Å². The molecule has 1 aliphatic rings. The number of hydrogen-bond donors (Lipinski definition) is 1. The maximum Gasteiger partial charge on any atom is 0.344 e. The molecule has 0 unspecified atom stereocenters. The van der Waals surface area contributed by atoms with Crippen molar-refractivity contribution in [2.24, 2.45) is 0 Å². The number of amides is 1. The fraction of sp³-hybridized carbons (Fsp3) is 0.409. The van der Waals surface area contributed by atoms with E-state index in [0.717, 1.165) is 30.0 Å². The second-order valence-electron chi connectivity index (χ2n) is 7.17. The number of rotatable bonds is 6. The number of hydrogen-bond acceptors (Lipinski definition) is 5. The van der Waals surface area contributed by atoms with Gasteiger partial charge in [-0.3, -0.25) is 4.79 Å². The van der Waals surface area contributed by atoms with Gasteiger partial charge in [0, 0.05) is 0 Å². The first-order valence-electron chi connectivity index (χ1n) is 9.56. The summed E-state index contributed by atoms with van der Waals surface area (Å²) in [6.07, 6.45) is 3.14. The highest BCUT2D eigenvalue weighted by Crippen LogP contribution is 2.27. The number of carbonyl (C=O) groups excluding carboxylic acids is 2. The summed E-state index contributed by atoms with van der Waals surface area (Å²) in [6, 6.07) is 15.6. The van der Waals surface area contributed by atoms with Gasteiger partial charge in [0.25, 0.3) is 5.91 Å². The average Bonchev–Trinajstić information content (AvgIpc) is 2.72. The largest absolute Gasteiger partial charge is 0.482 e. The first-order valence-corrected chi connectivity index (χ1v) is 9.56. The first kappa shape index (κ1) is 19.7. The van der Waals surface area contributed by atoms with Crippen molar-refractivity contribution in [1.82, 2.24) is 5.32 Å². The van der Waals surface area contributed by atoms with Gasteiger partial charge in [-0.1, -0.05) is 49.6 Å². The van der Waals surface area contributed by atoms with E-state index in [0.29, 0.717) is 18.6 Å². The van der Waals surface area contributed by atoms with Crippen LogP contribution in [0.1, 0.15) is 39.0 Å². The second kappa shape index (κ2) is 8.75. The summed E-state index contributed by atoms with van der Waals surface area (Å²) in [5, 5.41) is 14.3. The van der Waals surface area contributed by atoms with E-state index in [9.17, 15) is 14.9 Å². The van der Waals surface area contributed by atoms with Gasteiger partial charge in [0.05, 0.1) is 6.07 Å². The Morgan fingerprint density at radius 1 is 1.14 bits per heavy atom. The molecule has 0 radical (unpaired) electrons. The van der Waals surface area contributed by atoms with E-state index >= 15 is 0 Å². The van der Waals surface area contributed by atoms with E-state index in [1.165, 1.54) is 6.92 Å². The highest BCUT2D eigenvalue weighted by molar-refractivity contribution is 5.85. The van der Waals surface area contributed by atoms with Gasteiger partial charge in [0.15, 0.2) is 12.7 Å². The fourth-order valence-electron chi connectivity index (χ4n) is 3.44. The van der Waals surface area contributed by atoms with E-state index in [4.69, 9.17) is 9.47 Å². The molecule has 1 saturated carbocycles. The zero-order valence-corrected chi connectivity index (χ0v) is 15.9. The lowest BCUT2D eigenvalue weighted by Crippen LogP contribution is -2.52. The summed E-state index contributed by atoms with van der Waals surface area (Å²) in [4.78, 5) is 24.4. The molecule has 0 spiro atoms. The molecule has 6 heteroatoms. The van der Waals surface area contributed by atoms with Crippen LogP contribution in [0.2, 0.25) is 0 Å². The molecule has 2 aromatic carbocycles. The summed E-state index contributed by atoms with van der Waals surface area (Å²) in [5.74, 6) is -0.536. The van der Waals surface area contributed by atoms with Crippen molar-refractivity contribution in [2.75, 3.05) is 6.61 Å². The highest BCUT2D eigenvalue weighted by Gasteiger charge is 2.35. The Hall–Kier alpha value is -3.07. The Bertz CT molecular complexity index is 897. The van der Waals surface area contributed by atoms with Gasteiger partial charge < -0.3 is 14.8 Å². The monoisotopic (exact) mass is 380 g/mol. The van der Waals surface area contributed by atoms with Gasteiger partial charge in [-0.15, -0.1) is 0 Å². The molecule has 0 heterocycles. The third-order valence-electron chi connectivity index (χ3n) is 5.04. The molecular formula is C22H24N2O4. The lowest BCUT2D eigenvalue weighted by molar-refractivity contribution is -0.157. The van der Waals surface area contributed by atoms with Crippen LogP contribution in [0, 0.1) is 11.3 Å². The second-order valence-corrected chi connectivity index (χ2v) is 7.17. The molecule has 0 aliphatic heterocycles. The first-order chi connectivity index (χ1) is 13.5. The standard InChI is InChI=1S/C22H24N2O4/c1-16(21(26)24-22(15-23)11-5-2-6-12-22)28-20(25)14-27-19-10-9-17-7-3-4-8-18(17)13-19/h3-4,7-10,13,16H,2,5-6,11-12,14H2,1H3,(H,24,26)/t16-/m1/s1. The Balaban J connectivity index is 1.50. The summed E-state index contributed by atoms with van der Waals surface area (Å²) in [7, 11) is 0. The quantitative estimate of drug-likeness (QED) is 0.775. The van der Waals surface area contributed by atoms with Crippen molar-refractivity contribution in [3.8, 4) is 11.8 Å². The van der Waals surface area contributed by atoms with Crippen LogP contribution in [0.25, 0.3) is 10.8 Å². The predicted molar refractivity (Wildman–Crippen MR) is 105 cm³/mol. The van der Waals surface area contributed by atoms with Crippen LogP contribution in [0.15, 0.2) is 42.5 Å². The summed E-state index contributed by atoms with van der Waals surface area (Å²) >= 11 is 0. The molecule has 1 N–H and O–H groups in total. The summed E-state index contributed by atoms with van der Waals surface area (Å²) in [5.41, 5.74) is -0.850. The predicted octanol–water partition coefficient (Wildman–Crippen LogP) is 3.49. The molecule has 28 heavy (non-hydrogen) atoms. The third-order valence-corrected chi connectivity index (χ3v) is 5.04. The van der Waals surface area contributed by atoms with Crippen LogP contribution in [0.3, 0.4) is 0 Å². The Kier molecular flexibility index (Phi) is 6.15. The lowest BCUT2D eigenvalue weighted by atomic mass is 9.83. The number of nitrogens with zero attached hydrogens (tertiary/aromatic N) is 1. The van der Waals surface area contributed by atoms with E-state index in [2.05, 4.69) is 11.4 Å². The van der Waals surface area contributed by atoms with Crippen molar-refractivity contribution in [2.45, 2.75) is 50.7 Å². The summed E-state index contributed by atoms with van der Waals surface area (Å²) in [6.45, 7) is 1.20. The van der Waals surface area contributed by atoms with Gasteiger partial charge in [-0.25, -0.2) is 4.79 Å². The van der Waals surface area contributed by atoms with Gasteiger partial charge in [0.1, 0.15) is 11.3 Å². The van der Waals surface area contributed by atoms with E-state index < -0.39 is 23.5 Å². The Morgan fingerprint density at radius 2 is 1.86 bits per heavy atom. The molecule has 1 atom stereocenters. The van der Waals surface area contributed by atoms with Crippen LogP contribution in [-0.2, 0) is 14.3 Å². The van der Waals surface area contributed by atoms with Crippen LogP contribution in [0.5, 0.6) is 5.75 Å². The normalized spacial score (nSPS) is 16.6. The third kappa shape index (κ3) is 4.80. The molecule has 2 aromatic rings. The van der Waals surface area contributed by atoms with E-state index in [1.807, 2.05) is 36.4 Å². The molecule has 1 fully saturated rings. The number of ether oxygens (including phenoxy) is 2.